The van der Waals surface area contributed by atoms with Crippen LogP contribution in [-0.2, 0) is 0 Å². The molecule has 98 valence electrons. The first-order valence-corrected chi connectivity index (χ1v) is 6.64. The third-order valence-corrected chi connectivity index (χ3v) is 3.10. The Kier molecular flexibility index (Phi) is 4.52. The van der Waals surface area contributed by atoms with Crippen LogP contribution in [0.4, 0.5) is 5.69 Å². The minimum Gasteiger partial charge on any atom is -0.478 e. The molecule has 0 aliphatic heterocycles. The Bertz CT molecular complexity index is 570. The van der Waals surface area contributed by atoms with Crippen LogP contribution in [0.3, 0.4) is 0 Å². The van der Waals surface area contributed by atoms with E-state index in [1.807, 2.05) is 25.1 Å². The van der Waals surface area contributed by atoms with Crippen LogP contribution in [0.15, 0.2) is 47.1 Å². The number of halogens is 1. The zero-order chi connectivity index (χ0) is 13.7. The van der Waals surface area contributed by atoms with Gasteiger partial charge in [0, 0.05) is 10.5 Å². The highest BCUT2D eigenvalue weighted by Gasteiger charge is 2.09. The van der Waals surface area contributed by atoms with Gasteiger partial charge in [0.25, 0.3) is 5.91 Å². The summed E-state index contributed by atoms with van der Waals surface area (Å²) >= 11 is 3.35. The number of benzene rings is 1. The average Bonchev–Trinajstić information content (AvgIpc) is 2.42. The van der Waals surface area contributed by atoms with E-state index in [1.54, 1.807) is 24.4 Å². The minimum atomic E-state index is -0.182. The summed E-state index contributed by atoms with van der Waals surface area (Å²) in [6.45, 7) is 2.46. The number of nitrogens with zero attached hydrogens (tertiary/aromatic N) is 1. The molecule has 0 fully saturated rings. The van der Waals surface area contributed by atoms with Gasteiger partial charge in [0.1, 0.15) is 0 Å². The van der Waals surface area contributed by atoms with E-state index in [0.29, 0.717) is 23.7 Å². The molecule has 1 amide bonds. The maximum atomic E-state index is 12.0. The van der Waals surface area contributed by atoms with Gasteiger partial charge in [-0.25, -0.2) is 4.98 Å². The molecular formula is C14H13BrN2O2. The summed E-state index contributed by atoms with van der Waals surface area (Å²) in [5.74, 6) is 0.361. The quantitative estimate of drug-likeness (QED) is 0.938. The molecule has 0 atom stereocenters. The van der Waals surface area contributed by atoms with Crippen LogP contribution >= 0.6 is 15.9 Å². The van der Waals surface area contributed by atoms with Gasteiger partial charge in [-0.1, -0.05) is 12.1 Å². The Morgan fingerprint density at radius 1 is 1.32 bits per heavy atom. The molecule has 1 aromatic carbocycles. The van der Waals surface area contributed by atoms with Crippen molar-refractivity contribution in [2.24, 2.45) is 0 Å². The molecule has 0 unspecified atom stereocenters. The van der Waals surface area contributed by atoms with Gasteiger partial charge in [-0.2, -0.15) is 0 Å². The Balaban J connectivity index is 2.09. The van der Waals surface area contributed by atoms with Crippen molar-refractivity contribution in [3.05, 3.63) is 52.6 Å². The van der Waals surface area contributed by atoms with Crippen molar-refractivity contribution in [1.82, 2.24) is 4.98 Å². The number of hydrogen-bond donors (Lipinski definition) is 1. The van der Waals surface area contributed by atoms with Crippen molar-refractivity contribution in [2.75, 3.05) is 11.9 Å². The first-order chi connectivity index (χ1) is 9.20. The van der Waals surface area contributed by atoms with E-state index in [1.165, 1.54) is 0 Å². The monoisotopic (exact) mass is 320 g/mol. The molecule has 0 saturated carbocycles. The number of nitrogens with one attached hydrogen (secondary N) is 1. The number of ether oxygens (including phenoxy) is 1. The molecule has 1 aromatic heterocycles. The molecular weight excluding hydrogens is 308 g/mol. The summed E-state index contributed by atoms with van der Waals surface area (Å²) in [4.78, 5) is 16.1. The summed E-state index contributed by atoms with van der Waals surface area (Å²) in [6, 6.07) is 10.7. The van der Waals surface area contributed by atoms with Crippen molar-refractivity contribution in [2.45, 2.75) is 6.92 Å². The number of anilines is 1. The van der Waals surface area contributed by atoms with Crippen molar-refractivity contribution in [3.8, 4) is 5.88 Å². The van der Waals surface area contributed by atoms with E-state index in [4.69, 9.17) is 4.74 Å². The topological polar surface area (TPSA) is 51.2 Å². The predicted octanol–water partition coefficient (Wildman–Crippen LogP) is 3.50. The molecule has 0 saturated heterocycles. The largest absolute Gasteiger partial charge is 0.478 e. The smallest absolute Gasteiger partial charge is 0.256 e. The normalized spacial score (nSPS) is 10.0. The molecule has 19 heavy (non-hydrogen) atoms. The number of carbonyl (C=O) groups excluding carboxylic acids is 1. The molecule has 5 heteroatoms. The standard InChI is InChI=1S/C14H13BrN2O2/c1-2-19-13-8-7-10(9-16-13)17-14(18)11-5-3-4-6-12(11)15/h3-9H,2H2,1H3,(H,17,18). The highest BCUT2D eigenvalue weighted by Crippen LogP contribution is 2.18. The minimum absolute atomic E-state index is 0.182. The fraction of sp³-hybridized carbons (Fsp3) is 0.143. The Hall–Kier alpha value is -1.88. The second kappa shape index (κ2) is 6.33. The summed E-state index contributed by atoms with van der Waals surface area (Å²) in [5, 5.41) is 2.78. The molecule has 0 radical (unpaired) electrons. The van der Waals surface area contributed by atoms with Gasteiger partial charge in [0.2, 0.25) is 5.88 Å². The van der Waals surface area contributed by atoms with Gasteiger partial charge in [-0.05, 0) is 41.1 Å². The maximum Gasteiger partial charge on any atom is 0.256 e. The van der Waals surface area contributed by atoms with E-state index in [9.17, 15) is 4.79 Å². The zero-order valence-corrected chi connectivity index (χ0v) is 12.0. The highest BCUT2D eigenvalue weighted by atomic mass is 79.9. The van der Waals surface area contributed by atoms with Crippen LogP contribution in [-0.4, -0.2) is 17.5 Å². The average molecular weight is 321 g/mol. The van der Waals surface area contributed by atoms with Gasteiger partial charge in [-0.3, -0.25) is 4.79 Å². The van der Waals surface area contributed by atoms with Gasteiger partial charge in [0.15, 0.2) is 0 Å². The Labute approximate surface area is 119 Å². The lowest BCUT2D eigenvalue weighted by molar-refractivity contribution is 0.102. The second-order valence-corrected chi connectivity index (χ2v) is 4.61. The summed E-state index contributed by atoms with van der Waals surface area (Å²) in [6.07, 6.45) is 1.57. The van der Waals surface area contributed by atoms with Crippen LogP contribution in [0, 0.1) is 0 Å². The fourth-order valence-electron chi connectivity index (χ4n) is 1.53. The van der Waals surface area contributed by atoms with E-state index < -0.39 is 0 Å². The lowest BCUT2D eigenvalue weighted by Gasteiger charge is -2.07. The molecule has 1 N–H and O–H groups in total. The number of rotatable bonds is 4. The lowest BCUT2D eigenvalue weighted by Crippen LogP contribution is -2.12. The molecule has 1 heterocycles. The van der Waals surface area contributed by atoms with Crippen LogP contribution in [0.2, 0.25) is 0 Å². The van der Waals surface area contributed by atoms with Gasteiger partial charge in [0.05, 0.1) is 24.1 Å². The van der Waals surface area contributed by atoms with Crippen LogP contribution in [0.1, 0.15) is 17.3 Å². The zero-order valence-electron chi connectivity index (χ0n) is 10.4. The van der Waals surface area contributed by atoms with Gasteiger partial charge >= 0.3 is 0 Å². The van der Waals surface area contributed by atoms with Crippen molar-refractivity contribution < 1.29 is 9.53 Å². The molecule has 0 aliphatic carbocycles. The van der Waals surface area contributed by atoms with Crippen LogP contribution < -0.4 is 10.1 Å². The highest BCUT2D eigenvalue weighted by molar-refractivity contribution is 9.10. The summed E-state index contributed by atoms with van der Waals surface area (Å²) in [5.41, 5.74) is 1.21. The molecule has 4 nitrogen and oxygen atoms in total. The third-order valence-electron chi connectivity index (χ3n) is 2.40. The first-order valence-electron chi connectivity index (χ1n) is 5.85. The SMILES string of the molecule is CCOc1ccc(NC(=O)c2ccccc2Br)cn1. The molecule has 0 bridgehead atoms. The van der Waals surface area contributed by atoms with Crippen molar-refractivity contribution >= 4 is 27.5 Å². The molecule has 2 rings (SSSR count). The fourth-order valence-corrected chi connectivity index (χ4v) is 2.00. The number of hydrogen-bond acceptors (Lipinski definition) is 3. The van der Waals surface area contributed by atoms with Crippen LogP contribution in [0.25, 0.3) is 0 Å². The number of pyridine rings is 1. The number of carbonyl (C=O) groups is 1. The predicted molar refractivity (Wildman–Crippen MR) is 77.5 cm³/mol. The molecule has 2 aromatic rings. The van der Waals surface area contributed by atoms with Crippen LogP contribution in [0.5, 0.6) is 5.88 Å². The van der Waals surface area contributed by atoms with Gasteiger partial charge in [-0.15, -0.1) is 0 Å². The maximum absolute atomic E-state index is 12.0. The number of amides is 1. The lowest BCUT2D eigenvalue weighted by atomic mass is 10.2. The first kappa shape index (κ1) is 13.5. The van der Waals surface area contributed by atoms with Crippen molar-refractivity contribution in [3.63, 3.8) is 0 Å². The molecule has 0 spiro atoms. The Morgan fingerprint density at radius 2 is 2.11 bits per heavy atom. The van der Waals surface area contributed by atoms with E-state index in [2.05, 4.69) is 26.2 Å². The Morgan fingerprint density at radius 3 is 2.74 bits per heavy atom. The van der Waals surface area contributed by atoms with E-state index in [-0.39, 0.29) is 5.91 Å². The van der Waals surface area contributed by atoms with Gasteiger partial charge < -0.3 is 10.1 Å². The second-order valence-electron chi connectivity index (χ2n) is 3.75. The van der Waals surface area contributed by atoms with E-state index >= 15 is 0 Å². The van der Waals surface area contributed by atoms with Crippen molar-refractivity contribution in [1.29, 1.82) is 0 Å². The van der Waals surface area contributed by atoms with E-state index in [0.717, 1.165) is 4.47 Å². The third kappa shape index (κ3) is 3.54. The number of aromatic nitrogens is 1. The summed E-state index contributed by atoms with van der Waals surface area (Å²) < 4.78 is 5.99. The molecule has 0 aliphatic rings. The summed E-state index contributed by atoms with van der Waals surface area (Å²) in [7, 11) is 0.